The van der Waals surface area contributed by atoms with Crippen LogP contribution in [0, 0.1) is 0 Å². The van der Waals surface area contributed by atoms with Crippen LogP contribution in [0.25, 0.3) is 0 Å². The molecule has 72 valence electrons. The number of allylic oxidation sites excluding steroid dienone is 3. The Labute approximate surface area is 80.0 Å². The average Bonchev–Trinajstić information content (AvgIpc) is 2.13. The topological polar surface area (TPSA) is 29.1 Å². The highest BCUT2D eigenvalue weighted by Crippen LogP contribution is 2.08. The molecular weight excluding hydrogens is 162 g/mol. The molecule has 0 radical (unpaired) electrons. The molecule has 0 atom stereocenters. The zero-order chi connectivity index (χ0) is 10.3. The van der Waals surface area contributed by atoms with E-state index >= 15 is 0 Å². The number of nitrogens with one attached hydrogen (secondary N) is 1. The van der Waals surface area contributed by atoms with Crippen molar-refractivity contribution < 1.29 is 4.79 Å². The molecule has 2 heteroatoms. The van der Waals surface area contributed by atoms with Gasteiger partial charge in [-0.3, -0.25) is 4.79 Å². The third-order valence-corrected chi connectivity index (χ3v) is 1.86. The van der Waals surface area contributed by atoms with Crippen molar-refractivity contribution >= 4 is 6.41 Å². The Morgan fingerprint density at radius 1 is 1.46 bits per heavy atom. The number of hydrogen-bond acceptors (Lipinski definition) is 1. The predicted octanol–water partition coefficient (Wildman–Crippen LogP) is 2.20. The van der Waals surface area contributed by atoms with Crippen molar-refractivity contribution in [1.82, 2.24) is 5.32 Å². The monoisotopic (exact) mass is 179 g/mol. The largest absolute Gasteiger partial charge is 0.355 e. The van der Waals surface area contributed by atoms with Crippen LogP contribution in [0.4, 0.5) is 0 Å². The van der Waals surface area contributed by atoms with E-state index in [4.69, 9.17) is 0 Å². The predicted molar refractivity (Wildman–Crippen MR) is 56.4 cm³/mol. The van der Waals surface area contributed by atoms with Gasteiger partial charge in [0.1, 0.15) is 0 Å². The van der Waals surface area contributed by atoms with Crippen molar-refractivity contribution in [3.8, 4) is 0 Å². The second-order valence-corrected chi connectivity index (χ2v) is 2.96. The first-order valence-electron chi connectivity index (χ1n) is 4.28. The second kappa shape index (κ2) is 6.23. The lowest BCUT2D eigenvalue weighted by atomic mass is 10.1. The van der Waals surface area contributed by atoms with Gasteiger partial charge < -0.3 is 5.32 Å². The quantitative estimate of drug-likeness (QED) is 0.508. The van der Waals surface area contributed by atoms with Crippen molar-refractivity contribution in [2.45, 2.75) is 20.8 Å². The zero-order valence-corrected chi connectivity index (χ0v) is 8.55. The van der Waals surface area contributed by atoms with E-state index in [0.29, 0.717) is 13.0 Å². The molecular formula is C11H17NO. The Morgan fingerprint density at radius 3 is 2.54 bits per heavy atom. The molecule has 0 heterocycles. The smallest absolute Gasteiger partial charge is 0.207 e. The Hall–Kier alpha value is -1.31. The van der Waals surface area contributed by atoms with Crippen LogP contribution in [0.3, 0.4) is 0 Å². The van der Waals surface area contributed by atoms with E-state index in [-0.39, 0.29) is 0 Å². The molecule has 0 aromatic carbocycles. The van der Waals surface area contributed by atoms with Crippen LogP contribution in [0.1, 0.15) is 20.8 Å². The van der Waals surface area contributed by atoms with Crippen LogP contribution in [-0.4, -0.2) is 13.0 Å². The standard InChI is InChI=1S/C11H17NO/c1-5-9(2)6-10(3)11(4)7-12-8-13/h5-6,8H,4,7H2,1-3H3,(H,12,13)/b9-5-,10-6-. The van der Waals surface area contributed by atoms with Gasteiger partial charge in [-0.2, -0.15) is 0 Å². The summed E-state index contributed by atoms with van der Waals surface area (Å²) in [6, 6.07) is 0. The molecule has 13 heavy (non-hydrogen) atoms. The van der Waals surface area contributed by atoms with E-state index in [9.17, 15) is 4.79 Å². The van der Waals surface area contributed by atoms with Crippen molar-refractivity contribution in [2.75, 3.05) is 6.54 Å². The Morgan fingerprint density at radius 2 is 2.08 bits per heavy atom. The van der Waals surface area contributed by atoms with Gasteiger partial charge in [0, 0.05) is 6.54 Å². The van der Waals surface area contributed by atoms with E-state index in [0.717, 1.165) is 11.1 Å². The minimum Gasteiger partial charge on any atom is -0.355 e. The lowest BCUT2D eigenvalue weighted by molar-refractivity contribution is -0.109. The van der Waals surface area contributed by atoms with Gasteiger partial charge in [-0.25, -0.2) is 0 Å². The summed E-state index contributed by atoms with van der Waals surface area (Å²) >= 11 is 0. The summed E-state index contributed by atoms with van der Waals surface area (Å²) in [5.74, 6) is 0. The molecule has 0 saturated heterocycles. The fourth-order valence-corrected chi connectivity index (χ4v) is 0.831. The van der Waals surface area contributed by atoms with E-state index in [1.54, 1.807) is 0 Å². The highest BCUT2D eigenvalue weighted by Gasteiger charge is 1.95. The number of hydrogen-bond donors (Lipinski definition) is 1. The van der Waals surface area contributed by atoms with Crippen molar-refractivity contribution in [2.24, 2.45) is 0 Å². The maximum absolute atomic E-state index is 10.0. The number of amides is 1. The summed E-state index contributed by atoms with van der Waals surface area (Å²) in [6.45, 7) is 10.4. The summed E-state index contributed by atoms with van der Waals surface area (Å²) in [6.07, 6.45) is 4.76. The van der Waals surface area contributed by atoms with Gasteiger partial charge >= 0.3 is 0 Å². The minimum atomic E-state index is 0.517. The molecule has 1 amide bonds. The number of rotatable bonds is 5. The molecule has 0 bridgehead atoms. The summed E-state index contributed by atoms with van der Waals surface area (Å²) in [5, 5.41) is 2.58. The van der Waals surface area contributed by atoms with Crippen LogP contribution >= 0.6 is 0 Å². The molecule has 0 unspecified atom stereocenters. The van der Waals surface area contributed by atoms with Crippen LogP contribution in [0.15, 0.2) is 35.5 Å². The highest BCUT2D eigenvalue weighted by atomic mass is 16.1. The van der Waals surface area contributed by atoms with Gasteiger partial charge in [0.05, 0.1) is 0 Å². The molecule has 0 aliphatic heterocycles. The number of carbonyl (C=O) groups excluding carboxylic acids is 1. The first-order valence-corrected chi connectivity index (χ1v) is 4.28. The Bertz CT molecular complexity index is 249. The van der Waals surface area contributed by atoms with Gasteiger partial charge in [0.2, 0.25) is 6.41 Å². The van der Waals surface area contributed by atoms with Crippen molar-refractivity contribution in [3.63, 3.8) is 0 Å². The Kier molecular flexibility index (Phi) is 5.60. The van der Waals surface area contributed by atoms with E-state index in [2.05, 4.69) is 18.0 Å². The highest BCUT2D eigenvalue weighted by molar-refractivity contribution is 5.48. The maximum atomic E-state index is 10.0. The van der Waals surface area contributed by atoms with Crippen LogP contribution in [-0.2, 0) is 4.79 Å². The second-order valence-electron chi connectivity index (χ2n) is 2.96. The van der Waals surface area contributed by atoms with Crippen molar-refractivity contribution in [3.05, 3.63) is 35.5 Å². The Balaban J connectivity index is 4.24. The molecule has 0 fully saturated rings. The van der Waals surface area contributed by atoms with E-state index in [1.807, 2.05) is 26.8 Å². The fourth-order valence-electron chi connectivity index (χ4n) is 0.831. The van der Waals surface area contributed by atoms with Gasteiger partial charge in [-0.05, 0) is 31.9 Å². The summed E-state index contributed by atoms with van der Waals surface area (Å²) < 4.78 is 0. The van der Waals surface area contributed by atoms with Crippen LogP contribution in [0.2, 0.25) is 0 Å². The molecule has 0 saturated carbocycles. The summed E-state index contributed by atoms with van der Waals surface area (Å²) in [4.78, 5) is 10.0. The van der Waals surface area contributed by atoms with Gasteiger partial charge in [0.15, 0.2) is 0 Å². The third kappa shape index (κ3) is 5.01. The molecule has 0 aliphatic rings. The zero-order valence-electron chi connectivity index (χ0n) is 8.55. The minimum absolute atomic E-state index is 0.517. The lowest BCUT2D eigenvalue weighted by Gasteiger charge is -2.04. The molecule has 0 aromatic rings. The molecule has 0 rings (SSSR count). The SMILES string of the molecule is C=C(CNC=O)/C(C)=C\C(C)=C/C. The maximum Gasteiger partial charge on any atom is 0.207 e. The van der Waals surface area contributed by atoms with Crippen molar-refractivity contribution in [1.29, 1.82) is 0 Å². The fraction of sp³-hybridized carbons (Fsp3) is 0.364. The summed E-state index contributed by atoms with van der Waals surface area (Å²) in [5.41, 5.74) is 3.24. The molecule has 0 spiro atoms. The van der Waals surface area contributed by atoms with E-state index in [1.165, 1.54) is 5.57 Å². The molecule has 0 aromatic heterocycles. The summed E-state index contributed by atoms with van der Waals surface area (Å²) in [7, 11) is 0. The lowest BCUT2D eigenvalue weighted by Crippen LogP contribution is -2.14. The van der Waals surface area contributed by atoms with Crippen LogP contribution < -0.4 is 5.32 Å². The third-order valence-electron chi connectivity index (χ3n) is 1.86. The first-order chi connectivity index (χ1) is 6.11. The first kappa shape index (κ1) is 11.7. The van der Waals surface area contributed by atoms with Crippen LogP contribution in [0.5, 0.6) is 0 Å². The molecule has 1 N–H and O–H groups in total. The molecule has 0 aliphatic carbocycles. The molecule has 2 nitrogen and oxygen atoms in total. The van der Waals surface area contributed by atoms with Gasteiger partial charge in [0.25, 0.3) is 0 Å². The van der Waals surface area contributed by atoms with Gasteiger partial charge in [-0.15, -0.1) is 0 Å². The normalized spacial score (nSPS) is 12.5. The average molecular weight is 179 g/mol. The number of carbonyl (C=O) groups is 1. The van der Waals surface area contributed by atoms with Gasteiger partial charge in [-0.1, -0.05) is 24.3 Å². The van der Waals surface area contributed by atoms with E-state index < -0.39 is 0 Å².